The predicted molar refractivity (Wildman–Crippen MR) is 85.5 cm³/mol. The first-order valence-corrected chi connectivity index (χ1v) is 7.14. The number of para-hydroxylation sites is 2. The molecule has 2 aromatic rings. The summed E-state index contributed by atoms with van der Waals surface area (Å²) in [5.41, 5.74) is 0.345. The number of carbonyl (C=O) groups is 2. The van der Waals surface area contributed by atoms with Crippen LogP contribution in [0.25, 0.3) is 0 Å². The normalized spacial score (nSPS) is 11.5. The molecule has 1 atom stereocenters. The lowest BCUT2D eigenvalue weighted by molar-refractivity contribution is 0.0909. The quantitative estimate of drug-likeness (QED) is 0.674. The molecule has 6 nitrogen and oxygen atoms in total. The molecule has 0 saturated carbocycles. The summed E-state index contributed by atoms with van der Waals surface area (Å²) in [4.78, 5) is 24.0. The van der Waals surface area contributed by atoms with Gasteiger partial charge >= 0.3 is 0 Å². The van der Waals surface area contributed by atoms with Gasteiger partial charge in [-0.1, -0.05) is 24.3 Å². The first-order chi connectivity index (χ1) is 11.0. The average Bonchev–Trinajstić information content (AvgIpc) is 2.53. The van der Waals surface area contributed by atoms with Crippen LogP contribution in [-0.4, -0.2) is 34.6 Å². The van der Waals surface area contributed by atoms with Gasteiger partial charge in [-0.25, -0.2) is 0 Å². The topological polar surface area (TPSA) is 98.7 Å². The number of phenolic OH excluding ortho intramolecular Hbond substituents is 2. The first kappa shape index (κ1) is 16.4. The number of benzene rings is 2. The Hall–Kier alpha value is -3.02. The minimum atomic E-state index is -0.424. The Kier molecular flexibility index (Phi) is 5.19. The van der Waals surface area contributed by atoms with E-state index >= 15 is 0 Å². The van der Waals surface area contributed by atoms with Gasteiger partial charge in [-0.05, 0) is 31.2 Å². The van der Waals surface area contributed by atoms with E-state index in [0.717, 1.165) is 0 Å². The third-order valence-corrected chi connectivity index (χ3v) is 3.24. The summed E-state index contributed by atoms with van der Waals surface area (Å²) < 4.78 is 0. The Morgan fingerprint density at radius 2 is 1.39 bits per heavy atom. The highest BCUT2D eigenvalue weighted by molar-refractivity contribution is 5.97. The zero-order chi connectivity index (χ0) is 16.8. The molecular formula is C17H18N2O4. The molecule has 0 radical (unpaired) electrons. The number of hydrogen-bond donors (Lipinski definition) is 4. The number of rotatable bonds is 5. The minimum Gasteiger partial charge on any atom is -0.507 e. The van der Waals surface area contributed by atoms with E-state index in [2.05, 4.69) is 10.6 Å². The van der Waals surface area contributed by atoms with Gasteiger partial charge in [0.15, 0.2) is 0 Å². The Bertz CT molecular complexity index is 715. The summed E-state index contributed by atoms with van der Waals surface area (Å²) in [6.07, 6.45) is 0. The predicted octanol–water partition coefficient (Wildman–Crippen LogP) is 1.65. The van der Waals surface area contributed by atoms with Gasteiger partial charge in [0.25, 0.3) is 11.8 Å². The first-order valence-electron chi connectivity index (χ1n) is 7.14. The summed E-state index contributed by atoms with van der Waals surface area (Å²) in [5.74, 6) is -1.05. The Balaban J connectivity index is 1.89. The summed E-state index contributed by atoms with van der Waals surface area (Å²) in [6.45, 7) is 1.91. The summed E-state index contributed by atoms with van der Waals surface area (Å²) in [5, 5.41) is 24.6. The molecule has 1 unspecified atom stereocenters. The molecule has 0 saturated heterocycles. The lowest BCUT2D eigenvalue weighted by atomic mass is 10.1. The minimum absolute atomic E-state index is 0.101. The second-order valence-corrected chi connectivity index (χ2v) is 5.12. The van der Waals surface area contributed by atoms with Crippen LogP contribution in [0.3, 0.4) is 0 Å². The summed E-state index contributed by atoms with van der Waals surface area (Å²) in [6, 6.07) is 12.1. The van der Waals surface area contributed by atoms with Gasteiger partial charge in [-0.3, -0.25) is 9.59 Å². The SMILES string of the molecule is CC(CNC(=O)c1ccccc1O)NC(=O)c1ccccc1O. The molecule has 6 heteroatoms. The zero-order valence-corrected chi connectivity index (χ0v) is 12.6. The van der Waals surface area contributed by atoms with Crippen molar-refractivity contribution in [1.82, 2.24) is 10.6 Å². The maximum Gasteiger partial charge on any atom is 0.255 e. The van der Waals surface area contributed by atoms with Gasteiger partial charge in [0.2, 0.25) is 0 Å². The number of hydrogen-bond acceptors (Lipinski definition) is 4. The molecule has 120 valence electrons. The summed E-state index contributed by atoms with van der Waals surface area (Å²) in [7, 11) is 0. The number of aromatic hydroxyl groups is 2. The lowest BCUT2D eigenvalue weighted by Crippen LogP contribution is -2.41. The van der Waals surface area contributed by atoms with Crippen LogP contribution in [0, 0.1) is 0 Å². The van der Waals surface area contributed by atoms with Crippen LogP contribution >= 0.6 is 0 Å². The molecule has 0 aliphatic heterocycles. The maximum absolute atomic E-state index is 12.0. The largest absolute Gasteiger partial charge is 0.507 e. The van der Waals surface area contributed by atoms with Crippen molar-refractivity contribution in [2.24, 2.45) is 0 Å². The van der Waals surface area contributed by atoms with Crippen molar-refractivity contribution in [3.8, 4) is 11.5 Å². The van der Waals surface area contributed by atoms with Crippen molar-refractivity contribution in [2.75, 3.05) is 6.54 Å². The summed E-state index contributed by atoms with van der Waals surface area (Å²) >= 11 is 0. The number of amides is 2. The molecule has 0 aliphatic rings. The molecule has 2 aromatic carbocycles. The molecule has 23 heavy (non-hydrogen) atoms. The molecule has 4 N–H and O–H groups in total. The van der Waals surface area contributed by atoms with E-state index in [1.54, 1.807) is 31.2 Å². The van der Waals surface area contributed by atoms with Crippen LogP contribution in [0.15, 0.2) is 48.5 Å². The van der Waals surface area contributed by atoms with E-state index < -0.39 is 11.8 Å². The van der Waals surface area contributed by atoms with Crippen molar-refractivity contribution in [3.05, 3.63) is 59.7 Å². The monoisotopic (exact) mass is 314 g/mol. The molecule has 0 aromatic heterocycles. The van der Waals surface area contributed by atoms with Gasteiger partial charge in [0.05, 0.1) is 11.1 Å². The standard InChI is InChI=1S/C17H18N2O4/c1-11(19-17(23)13-7-3-5-9-15(13)21)10-18-16(22)12-6-2-4-8-14(12)20/h2-9,11,20-21H,10H2,1H3,(H,18,22)(H,19,23). The van der Waals surface area contributed by atoms with Gasteiger partial charge in [-0.15, -0.1) is 0 Å². The Labute approximate surface area is 133 Å². The second kappa shape index (κ2) is 7.31. The van der Waals surface area contributed by atoms with E-state index in [4.69, 9.17) is 0 Å². The van der Waals surface area contributed by atoms with Crippen molar-refractivity contribution >= 4 is 11.8 Å². The van der Waals surface area contributed by atoms with Crippen molar-refractivity contribution in [3.63, 3.8) is 0 Å². The highest BCUT2D eigenvalue weighted by atomic mass is 16.3. The van der Waals surface area contributed by atoms with Gasteiger partial charge in [-0.2, -0.15) is 0 Å². The number of phenols is 2. The third-order valence-electron chi connectivity index (χ3n) is 3.24. The highest BCUT2D eigenvalue weighted by Crippen LogP contribution is 2.16. The molecule has 2 rings (SSSR count). The molecule has 2 amide bonds. The molecule has 0 spiro atoms. The van der Waals surface area contributed by atoms with Crippen molar-refractivity contribution < 1.29 is 19.8 Å². The lowest BCUT2D eigenvalue weighted by Gasteiger charge is -2.15. The average molecular weight is 314 g/mol. The van der Waals surface area contributed by atoms with Crippen LogP contribution < -0.4 is 10.6 Å². The zero-order valence-electron chi connectivity index (χ0n) is 12.6. The highest BCUT2D eigenvalue weighted by Gasteiger charge is 2.15. The van der Waals surface area contributed by atoms with Crippen LogP contribution in [-0.2, 0) is 0 Å². The molecular weight excluding hydrogens is 296 g/mol. The molecule has 0 bridgehead atoms. The number of nitrogens with one attached hydrogen (secondary N) is 2. The van der Waals surface area contributed by atoms with Crippen LogP contribution in [0.2, 0.25) is 0 Å². The van der Waals surface area contributed by atoms with Crippen LogP contribution in [0.4, 0.5) is 0 Å². The maximum atomic E-state index is 12.0. The Morgan fingerprint density at radius 3 is 1.91 bits per heavy atom. The van der Waals surface area contributed by atoms with E-state index in [-0.39, 0.29) is 35.2 Å². The van der Waals surface area contributed by atoms with Crippen LogP contribution in [0.1, 0.15) is 27.6 Å². The van der Waals surface area contributed by atoms with Crippen molar-refractivity contribution in [1.29, 1.82) is 0 Å². The van der Waals surface area contributed by atoms with Gasteiger partial charge in [0.1, 0.15) is 11.5 Å². The fourth-order valence-electron chi connectivity index (χ4n) is 2.02. The van der Waals surface area contributed by atoms with E-state index in [1.165, 1.54) is 24.3 Å². The third kappa shape index (κ3) is 4.23. The number of carbonyl (C=O) groups excluding carboxylic acids is 2. The van der Waals surface area contributed by atoms with E-state index in [9.17, 15) is 19.8 Å². The van der Waals surface area contributed by atoms with Gasteiger partial charge in [0, 0.05) is 12.6 Å². The van der Waals surface area contributed by atoms with E-state index in [0.29, 0.717) is 0 Å². The second-order valence-electron chi connectivity index (χ2n) is 5.12. The smallest absolute Gasteiger partial charge is 0.255 e. The van der Waals surface area contributed by atoms with Gasteiger partial charge < -0.3 is 20.8 Å². The molecule has 0 heterocycles. The van der Waals surface area contributed by atoms with Crippen LogP contribution in [0.5, 0.6) is 11.5 Å². The fraction of sp³-hybridized carbons (Fsp3) is 0.176. The Morgan fingerprint density at radius 1 is 0.913 bits per heavy atom. The fourth-order valence-corrected chi connectivity index (χ4v) is 2.02. The van der Waals surface area contributed by atoms with Crippen molar-refractivity contribution in [2.45, 2.75) is 13.0 Å². The van der Waals surface area contributed by atoms with E-state index in [1.807, 2.05) is 0 Å². The molecule has 0 fully saturated rings. The molecule has 0 aliphatic carbocycles.